The molecule has 0 unspecified atom stereocenters. The van der Waals surface area contributed by atoms with Crippen LogP contribution in [0.25, 0.3) is 17.0 Å². The van der Waals surface area contributed by atoms with E-state index >= 15 is 0 Å². The summed E-state index contributed by atoms with van der Waals surface area (Å²) in [5.74, 6) is 3.16. The molecule has 0 saturated carbocycles. The number of methoxy groups -OCH3 is 2. The van der Waals surface area contributed by atoms with E-state index in [0.29, 0.717) is 36.4 Å². The van der Waals surface area contributed by atoms with E-state index in [9.17, 15) is 4.79 Å². The van der Waals surface area contributed by atoms with Crippen LogP contribution in [-0.2, 0) is 4.79 Å². The lowest BCUT2D eigenvalue weighted by Crippen LogP contribution is -2.36. The smallest absolute Gasteiger partial charge is 0.246 e. The zero-order valence-corrected chi connectivity index (χ0v) is 18.9. The Bertz CT molecular complexity index is 1170. The number of nitrogens with one attached hydrogen (secondary N) is 1. The number of ether oxygens (including phenoxy) is 4. The Morgan fingerprint density at radius 2 is 1.91 bits per heavy atom. The molecule has 0 bridgehead atoms. The van der Waals surface area contributed by atoms with Gasteiger partial charge in [-0.15, -0.1) is 0 Å². The number of aromatic amines is 1. The van der Waals surface area contributed by atoms with Crippen molar-refractivity contribution in [3.63, 3.8) is 0 Å². The summed E-state index contributed by atoms with van der Waals surface area (Å²) in [7, 11) is 3.28. The Balaban J connectivity index is 1.25. The summed E-state index contributed by atoms with van der Waals surface area (Å²) in [5, 5.41) is 1.20. The van der Waals surface area contributed by atoms with Gasteiger partial charge >= 0.3 is 0 Å². The zero-order chi connectivity index (χ0) is 22.8. The Kier molecular flexibility index (Phi) is 5.86. The second kappa shape index (κ2) is 9.10. The lowest BCUT2D eigenvalue weighted by atomic mass is 9.89. The van der Waals surface area contributed by atoms with Gasteiger partial charge in [-0.3, -0.25) is 4.79 Å². The van der Waals surface area contributed by atoms with E-state index in [1.807, 2.05) is 29.2 Å². The van der Waals surface area contributed by atoms with Crippen LogP contribution in [0.5, 0.6) is 23.0 Å². The maximum absolute atomic E-state index is 12.8. The predicted molar refractivity (Wildman–Crippen MR) is 126 cm³/mol. The van der Waals surface area contributed by atoms with Crippen molar-refractivity contribution in [2.75, 3.05) is 40.5 Å². The van der Waals surface area contributed by atoms with Gasteiger partial charge in [-0.25, -0.2) is 0 Å². The van der Waals surface area contributed by atoms with Crippen LogP contribution in [0, 0.1) is 0 Å². The molecule has 2 aromatic carbocycles. The number of amides is 1. The van der Waals surface area contributed by atoms with E-state index in [4.69, 9.17) is 18.9 Å². The molecule has 0 aliphatic carbocycles. The van der Waals surface area contributed by atoms with Crippen molar-refractivity contribution in [3.8, 4) is 23.0 Å². The molecule has 1 amide bonds. The fourth-order valence-electron chi connectivity index (χ4n) is 4.66. The highest BCUT2D eigenvalue weighted by Crippen LogP contribution is 2.40. The van der Waals surface area contributed by atoms with Crippen LogP contribution in [-0.4, -0.2) is 56.3 Å². The first-order chi connectivity index (χ1) is 16.2. The van der Waals surface area contributed by atoms with Gasteiger partial charge < -0.3 is 28.8 Å². The molecule has 2 aliphatic rings. The highest BCUT2D eigenvalue weighted by atomic mass is 16.6. The highest BCUT2D eigenvalue weighted by Gasteiger charge is 2.25. The van der Waals surface area contributed by atoms with Gasteiger partial charge in [-0.1, -0.05) is 0 Å². The summed E-state index contributed by atoms with van der Waals surface area (Å²) >= 11 is 0. The summed E-state index contributed by atoms with van der Waals surface area (Å²) in [6, 6.07) is 9.83. The average Bonchev–Trinajstić information content (AvgIpc) is 3.30. The summed E-state index contributed by atoms with van der Waals surface area (Å²) in [6.45, 7) is 2.46. The molecule has 0 atom stereocenters. The minimum atomic E-state index is 0.0166. The van der Waals surface area contributed by atoms with E-state index in [-0.39, 0.29) is 5.91 Å². The number of carbonyl (C=O) groups excluding carboxylic acids is 1. The lowest BCUT2D eigenvalue weighted by Gasteiger charge is -2.31. The molecule has 1 saturated heterocycles. The topological polar surface area (TPSA) is 73.0 Å². The predicted octanol–water partition coefficient (Wildman–Crippen LogP) is 4.38. The van der Waals surface area contributed by atoms with E-state index in [0.717, 1.165) is 42.8 Å². The van der Waals surface area contributed by atoms with Crippen LogP contribution in [0.3, 0.4) is 0 Å². The average molecular weight is 449 g/mol. The van der Waals surface area contributed by atoms with E-state index < -0.39 is 0 Å². The second-order valence-corrected chi connectivity index (χ2v) is 8.34. The molecule has 3 aromatic rings. The minimum Gasteiger partial charge on any atom is -0.497 e. The molecular weight excluding hydrogens is 420 g/mol. The van der Waals surface area contributed by atoms with Gasteiger partial charge in [0.1, 0.15) is 19.0 Å². The van der Waals surface area contributed by atoms with Crippen molar-refractivity contribution in [3.05, 3.63) is 53.7 Å². The molecule has 3 heterocycles. The van der Waals surface area contributed by atoms with Crippen LogP contribution < -0.4 is 18.9 Å². The molecule has 5 rings (SSSR count). The Morgan fingerprint density at radius 3 is 2.70 bits per heavy atom. The van der Waals surface area contributed by atoms with Crippen LogP contribution in [0.2, 0.25) is 0 Å². The molecular formula is C26H28N2O5. The van der Waals surface area contributed by atoms with Crippen molar-refractivity contribution in [1.82, 2.24) is 9.88 Å². The van der Waals surface area contributed by atoms with Crippen LogP contribution >= 0.6 is 0 Å². The van der Waals surface area contributed by atoms with Crippen LogP contribution in [0.1, 0.15) is 29.9 Å². The third-order valence-electron chi connectivity index (χ3n) is 6.44. The number of carbonyl (C=O) groups is 1. The Labute approximate surface area is 192 Å². The SMILES string of the molecule is COc1ccc2[nH]cc(C3CCN(C(=O)/C=C/c4cc(OC)c5c(c4)OCCO5)CC3)c2c1. The highest BCUT2D eigenvalue weighted by molar-refractivity contribution is 5.92. The number of fused-ring (bicyclic) bond motifs is 2. The number of piperidine rings is 1. The molecule has 1 N–H and O–H groups in total. The molecule has 7 nitrogen and oxygen atoms in total. The van der Waals surface area contributed by atoms with Crippen molar-refractivity contribution in [2.45, 2.75) is 18.8 Å². The van der Waals surface area contributed by atoms with Crippen molar-refractivity contribution in [1.29, 1.82) is 0 Å². The van der Waals surface area contributed by atoms with E-state index in [1.54, 1.807) is 26.4 Å². The van der Waals surface area contributed by atoms with Gasteiger partial charge in [0, 0.05) is 36.3 Å². The molecule has 1 fully saturated rings. The molecule has 0 spiro atoms. The Hall–Kier alpha value is -3.61. The monoisotopic (exact) mass is 448 g/mol. The maximum atomic E-state index is 12.8. The van der Waals surface area contributed by atoms with Gasteiger partial charge in [-0.05, 0) is 66.3 Å². The number of rotatable bonds is 5. The molecule has 2 aliphatic heterocycles. The van der Waals surface area contributed by atoms with E-state index in [2.05, 4.69) is 17.2 Å². The Morgan fingerprint density at radius 1 is 1.09 bits per heavy atom. The van der Waals surface area contributed by atoms with Crippen molar-refractivity contribution >= 4 is 22.9 Å². The van der Waals surface area contributed by atoms with Crippen molar-refractivity contribution < 1.29 is 23.7 Å². The first kappa shape index (κ1) is 21.2. The van der Waals surface area contributed by atoms with E-state index in [1.165, 1.54) is 10.9 Å². The van der Waals surface area contributed by atoms with Crippen molar-refractivity contribution in [2.24, 2.45) is 0 Å². The second-order valence-electron chi connectivity index (χ2n) is 8.34. The number of nitrogens with zero attached hydrogens (tertiary/aromatic N) is 1. The molecule has 1 aromatic heterocycles. The maximum Gasteiger partial charge on any atom is 0.246 e. The minimum absolute atomic E-state index is 0.0166. The normalized spacial score (nSPS) is 16.4. The molecule has 172 valence electrons. The largest absolute Gasteiger partial charge is 0.497 e. The first-order valence-corrected chi connectivity index (χ1v) is 11.3. The number of H-pyrrole nitrogens is 1. The van der Waals surface area contributed by atoms with Gasteiger partial charge in [0.05, 0.1) is 14.2 Å². The van der Waals surface area contributed by atoms with Gasteiger partial charge in [-0.2, -0.15) is 0 Å². The fourth-order valence-corrected chi connectivity index (χ4v) is 4.66. The summed E-state index contributed by atoms with van der Waals surface area (Å²) in [6.07, 6.45) is 7.40. The third kappa shape index (κ3) is 4.23. The van der Waals surface area contributed by atoms with Crippen LogP contribution in [0.15, 0.2) is 42.6 Å². The number of aromatic nitrogens is 1. The van der Waals surface area contributed by atoms with Gasteiger partial charge in [0.15, 0.2) is 11.5 Å². The molecule has 0 radical (unpaired) electrons. The standard InChI is InChI=1S/C26H28N2O5/c1-30-19-4-5-22-20(15-19)21(16-27-22)18-7-9-28(10-8-18)25(29)6-3-17-13-23(31-2)26-24(14-17)32-11-12-33-26/h3-6,13-16,18,27H,7-12H2,1-2H3/b6-3+. The third-order valence-corrected chi connectivity index (χ3v) is 6.44. The first-order valence-electron chi connectivity index (χ1n) is 11.3. The number of hydrogen-bond donors (Lipinski definition) is 1. The summed E-state index contributed by atoms with van der Waals surface area (Å²) < 4.78 is 22.1. The lowest BCUT2D eigenvalue weighted by molar-refractivity contribution is -0.126. The van der Waals surface area contributed by atoms with Gasteiger partial charge in [0.2, 0.25) is 11.7 Å². The molecule has 7 heteroatoms. The number of likely N-dealkylation sites (tertiary alicyclic amines) is 1. The van der Waals surface area contributed by atoms with Crippen LogP contribution in [0.4, 0.5) is 0 Å². The van der Waals surface area contributed by atoms with Gasteiger partial charge in [0.25, 0.3) is 0 Å². The quantitative estimate of drug-likeness (QED) is 0.587. The molecule has 33 heavy (non-hydrogen) atoms. The summed E-state index contributed by atoms with van der Waals surface area (Å²) in [5.41, 5.74) is 3.25. The fraction of sp³-hybridized carbons (Fsp3) is 0.346. The number of benzene rings is 2. The zero-order valence-electron chi connectivity index (χ0n) is 18.9. The number of hydrogen-bond acceptors (Lipinski definition) is 5. The summed E-state index contributed by atoms with van der Waals surface area (Å²) in [4.78, 5) is 18.1.